The number of hydrogen-bond donors (Lipinski definition) is 1. The summed E-state index contributed by atoms with van der Waals surface area (Å²) in [6.07, 6.45) is 2.90. The lowest BCUT2D eigenvalue weighted by atomic mass is 9.81. The minimum absolute atomic E-state index is 0.0272. The predicted molar refractivity (Wildman–Crippen MR) is 135 cm³/mol. The number of carbonyl (C=O) groups is 1. The van der Waals surface area contributed by atoms with Gasteiger partial charge in [0.15, 0.2) is 12.7 Å². The SMILES string of the molecule is CC(CC1CCc2c(cccc2OCC(=O)O)C1)=NOC(c1ccccc1)c1ccc([N+](=O)[O-])cc1. The Morgan fingerprint density at radius 1 is 1.08 bits per heavy atom. The van der Waals surface area contributed by atoms with Gasteiger partial charge in [0.2, 0.25) is 0 Å². The molecule has 0 aromatic heterocycles. The van der Waals surface area contributed by atoms with Gasteiger partial charge in [0.1, 0.15) is 5.75 Å². The Balaban J connectivity index is 1.44. The summed E-state index contributed by atoms with van der Waals surface area (Å²) in [6, 6.07) is 21.8. The summed E-state index contributed by atoms with van der Waals surface area (Å²) >= 11 is 0. The normalized spacial score (nSPS) is 16.0. The first-order valence-corrected chi connectivity index (χ1v) is 11.8. The molecular formula is C28H28N2O6. The molecule has 3 aromatic carbocycles. The van der Waals surface area contributed by atoms with Crippen LogP contribution in [0.2, 0.25) is 0 Å². The topological polar surface area (TPSA) is 111 Å². The highest BCUT2D eigenvalue weighted by Gasteiger charge is 2.23. The maximum atomic E-state index is 11.0. The van der Waals surface area contributed by atoms with Crippen LogP contribution in [0.1, 0.15) is 48.1 Å². The summed E-state index contributed by atoms with van der Waals surface area (Å²) in [5.41, 5.74) is 4.84. The largest absolute Gasteiger partial charge is 0.482 e. The molecule has 0 bridgehead atoms. The quantitative estimate of drug-likeness (QED) is 0.221. The first-order chi connectivity index (χ1) is 17.4. The van der Waals surface area contributed by atoms with E-state index in [1.54, 1.807) is 12.1 Å². The van der Waals surface area contributed by atoms with E-state index in [0.29, 0.717) is 11.7 Å². The summed E-state index contributed by atoms with van der Waals surface area (Å²) < 4.78 is 5.47. The third-order valence-electron chi connectivity index (χ3n) is 6.30. The zero-order valence-corrected chi connectivity index (χ0v) is 20.0. The van der Waals surface area contributed by atoms with E-state index in [-0.39, 0.29) is 12.3 Å². The smallest absolute Gasteiger partial charge is 0.341 e. The molecule has 0 saturated heterocycles. The molecule has 0 fully saturated rings. The maximum absolute atomic E-state index is 11.0. The molecule has 3 aromatic rings. The summed E-state index contributed by atoms with van der Waals surface area (Å²) in [6.45, 7) is 1.60. The Labute approximate surface area is 209 Å². The average Bonchev–Trinajstić information content (AvgIpc) is 2.88. The molecule has 0 saturated carbocycles. The molecule has 8 nitrogen and oxygen atoms in total. The van der Waals surface area contributed by atoms with Gasteiger partial charge in [-0.15, -0.1) is 0 Å². The number of benzene rings is 3. The molecule has 0 amide bonds. The summed E-state index contributed by atoms with van der Waals surface area (Å²) in [5, 5.41) is 24.4. The van der Waals surface area contributed by atoms with Crippen LogP contribution >= 0.6 is 0 Å². The molecule has 0 radical (unpaired) electrons. The van der Waals surface area contributed by atoms with Crippen molar-refractivity contribution in [3.8, 4) is 5.75 Å². The van der Waals surface area contributed by atoms with Gasteiger partial charge < -0.3 is 14.7 Å². The number of carboxylic acids is 1. The van der Waals surface area contributed by atoms with Crippen molar-refractivity contribution in [3.05, 3.63) is 105 Å². The first kappa shape index (κ1) is 24.9. The molecule has 1 aliphatic rings. The lowest BCUT2D eigenvalue weighted by Gasteiger charge is -2.26. The number of carboxylic acid groups (broad SMARTS) is 1. The van der Waals surface area contributed by atoms with Gasteiger partial charge >= 0.3 is 5.97 Å². The fraction of sp³-hybridized carbons (Fsp3) is 0.286. The van der Waals surface area contributed by atoms with E-state index in [0.717, 1.165) is 48.1 Å². The predicted octanol–water partition coefficient (Wildman–Crippen LogP) is 5.74. The van der Waals surface area contributed by atoms with Crippen molar-refractivity contribution in [2.45, 2.75) is 38.7 Å². The second-order valence-corrected chi connectivity index (χ2v) is 8.96. The zero-order chi connectivity index (χ0) is 25.5. The highest BCUT2D eigenvalue weighted by atomic mass is 16.6. The third kappa shape index (κ3) is 6.27. The number of nitro benzene ring substituents is 1. The van der Waals surface area contributed by atoms with Crippen LogP contribution in [-0.4, -0.2) is 28.3 Å². The maximum Gasteiger partial charge on any atom is 0.341 e. The Morgan fingerprint density at radius 2 is 1.81 bits per heavy atom. The molecule has 1 N–H and O–H groups in total. The first-order valence-electron chi connectivity index (χ1n) is 11.8. The standard InChI is InChI=1S/C28H28N2O6/c1-19(16-20-10-15-25-23(17-20)8-5-9-26(25)35-18-27(31)32)29-36-28(21-6-3-2-4-7-21)22-11-13-24(14-12-22)30(33)34/h2-9,11-14,20,28H,10,15-18H2,1H3,(H,31,32). The van der Waals surface area contributed by atoms with Gasteiger partial charge in [-0.2, -0.15) is 0 Å². The molecule has 0 aliphatic heterocycles. The minimum Gasteiger partial charge on any atom is -0.482 e. The van der Waals surface area contributed by atoms with Crippen LogP contribution in [0.4, 0.5) is 5.69 Å². The van der Waals surface area contributed by atoms with Crippen molar-refractivity contribution < 1.29 is 24.4 Å². The second-order valence-electron chi connectivity index (χ2n) is 8.96. The van der Waals surface area contributed by atoms with Crippen LogP contribution in [0.3, 0.4) is 0 Å². The van der Waals surface area contributed by atoms with Crippen LogP contribution in [0, 0.1) is 16.0 Å². The number of nitro groups is 1. The molecule has 0 spiro atoms. The fourth-order valence-corrected chi connectivity index (χ4v) is 4.61. The van der Waals surface area contributed by atoms with Gasteiger partial charge in [-0.1, -0.05) is 47.6 Å². The Bertz CT molecular complexity index is 1240. The van der Waals surface area contributed by atoms with Crippen LogP contribution in [0.15, 0.2) is 78.0 Å². The molecule has 4 rings (SSSR count). The molecule has 0 heterocycles. The van der Waals surface area contributed by atoms with E-state index in [9.17, 15) is 14.9 Å². The van der Waals surface area contributed by atoms with E-state index in [4.69, 9.17) is 14.7 Å². The van der Waals surface area contributed by atoms with Crippen molar-refractivity contribution in [1.29, 1.82) is 0 Å². The molecular weight excluding hydrogens is 460 g/mol. The number of rotatable bonds is 10. The van der Waals surface area contributed by atoms with E-state index in [2.05, 4.69) is 11.2 Å². The van der Waals surface area contributed by atoms with Crippen LogP contribution in [0.25, 0.3) is 0 Å². The summed E-state index contributed by atoms with van der Waals surface area (Å²) in [4.78, 5) is 27.5. The monoisotopic (exact) mass is 488 g/mol. The highest BCUT2D eigenvalue weighted by Crippen LogP contribution is 2.34. The number of oxime groups is 1. The van der Waals surface area contributed by atoms with Gasteiger partial charge in [0.05, 0.1) is 10.6 Å². The fourth-order valence-electron chi connectivity index (χ4n) is 4.61. The van der Waals surface area contributed by atoms with Crippen molar-refractivity contribution >= 4 is 17.4 Å². The van der Waals surface area contributed by atoms with Crippen molar-refractivity contribution in [2.75, 3.05) is 6.61 Å². The molecule has 1 aliphatic carbocycles. The van der Waals surface area contributed by atoms with Gasteiger partial charge in [-0.3, -0.25) is 10.1 Å². The Kier molecular flexibility index (Phi) is 7.95. The van der Waals surface area contributed by atoms with E-state index in [1.807, 2.05) is 49.4 Å². The number of nitrogens with zero attached hydrogens (tertiary/aromatic N) is 2. The minimum atomic E-state index is -0.990. The lowest BCUT2D eigenvalue weighted by molar-refractivity contribution is -0.384. The van der Waals surface area contributed by atoms with Gasteiger partial charge in [-0.05, 0) is 73.4 Å². The molecule has 2 unspecified atom stereocenters. The second kappa shape index (κ2) is 11.5. The summed E-state index contributed by atoms with van der Waals surface area (Å²) in [5.74, 6) is 0.0423. The Hall–Kier alpha value is -4.20. The van der Waals surface area contributed by atoms with Crippen LogP contribution in [-0.2, 0) is 22.5 Å². The van der Waals surface area contributed by atoms with E-state index >= 15 is 0 Å². The van der Waals surface area contributed by atoms with E-state index in [1.165, 1.54) is 17.7 Å². The van der Waals surface area contributed by atoms with Crippen molar-refractivity contribution in [3.63, 3.8) is 0 Å². The number of aliphatic carboxylic acids is 1. The van der Waals surface area contributed by atoms with Crippen molar-refractivity contribution in [1.82, 2.24) is 0 Å². The number of hydrogen-bond acceptors (Lipinski definition) is 6. The summed E-state index contributed by atoms with van der Waals surface area (Å²) in [7, 11) is 0. The van der Waals surface area contributed by atoms with Gasteiger partial charge in [0.25, 0.3) is 5.69 Å². The average molecular weight is 489 g/mol. The lowest BCUT2D eigenvalue weighted by Crippen LogP contribution is -2.19. The van der Waals surface area contributed by atoms with Crippen LogP contribution < -0.4 is 4.74 Å². The number of ether oxygens (including phenoxy) is 1. The number of fused-ring (bicyclic) bond motifs is 1. The molecule has 2 atom stereocenters. The van der Waals surface area contributed by atoms with E-state index < -0.39 is 17.0 Å². The van der Waals surface area contributed by atoms with Gasteiger partial charge in [-0.25, -0.2) is 4.79 Å². The molecule has 36 heavy (non-hydrogen) atoms. The van der Waals surface area contributed by atoms with Gasteiger partial charge in [0, 0.05) is 17.7 Å². The van der Waals surface area contributed by atoms with Crippen molar-refractivity contribution in [2.24, 2.45) is 11.1 Å². The number of non-ortho nitro benzene ring substituents is 1. The van der Waals surface area contributed by atoms with Crippen LogP contribution in [0.5, 0.6) is 5.75 Å². The third-order valence-corrected chi connectivity index (χ3v) is 6.30. The molecule has 8 heteroatoms. The zero-order valence-electron chi connectivity index (χ0n) is 20.0. The Morgan fingerprint density at radius 3 is 2.50 bits per heavy atom. The molecule has 186 valence electrons. The highest BCUT2D eigenvalue weighted by molar-refractivity contribution is 5.81.